The number of rotatable bonds is 2. The molecule has 1 aromatic carbocycles. The third-order valence-corrected chi connectivity index (χ3v) is 3.44. The van der Waals surface area contributed by atoms with Crippen LogP contribution in [0.25, 0.3) is 10.9 Å². The number of aliphatic hydroxyl groups excluding tert-OH is 1. The number of hydrogen-bond acceptors (Lipinski definition) is 3. The molecule has 98 valence electrons. The molecule has 1 saturated carbocycles. The quantitative estimate of drug-likeness (QED) is 0.744. The van der Waals surface area contributed by atoms with Gasteiger partial charge in [0.1, 0.15) is 0 Å². The molecular weight excluding hydrogens is 244 g/mol. The molecule has 0 atom stereocenters. The minimum absolute atomic E-state index is 0.000509. The lowest BCUT2D eigenvalue weighted by Crippen LogP contribution is -2.46. The van der Waals surface area contributed by atoms with Crippen molar-refractivity contribution in [2.45, 2.75) is 25.0 Å². The lowest BCUT2D eigenvalue weighted by atomic mass is 9.89. The standard InChI is InChI=1S/C14H14N2O3/c17-9-5-8(6-9)15-14(19)11-7-13(18)16-12-4-2-1-3-10(11)12/h1-4,7-9,17H,5-6H2,(H,15,19)(H,16,18). The number of pyridine rings is 1. The molecule has 1 amide bonds. The number of aromatic amines is 1. The van der Waals surface area contributed by atoms with Gasteiger partial charge in [0.2, 0.25) is 5.56 Å². The second kappa shape index (κ2) is 4.51. The Balaban J connectivity index is 1.95. The fourth-order valence-corrected chi connectivity index (χ4v) is 2.36. The third kappa shape index (κ3) is 2.24. The summed E-state index contributed by atoms with van der Waals surface area (Å²) in [5.41, 5.74) is 0.729. The topological polar surface area (TPSA) is 82.2 Å². The zero-order chi connectivity index (χ0) is 13.4. The molecule has 0 radical (unpaired) electrons. The number of hydrogen-bond donors (Lipinski definition) is 3. The molecule has 1 aromatic heterocycles. The molecule has 3 N–H and O–H groups in total. The molecule has 1 fully saturated rings. The van der Waals surface area contributed by atoms with Gasteiger partial charge in [0, 0.05) is 23.0 Å². The summed E-state index contributed by atoms with van der Waals surface area (Å²) in [5, 5.41) is 12.8. The van der Waals surface area contributed by atoms with Gasteiger partial charge in [0.25, 0.3) is 5.91 Å². The Bertz CT molecular complexity index is 686. The van der Waals surface area contributed by atoms with Crippen LogP contribution in [0.5, 0.6) is 0 Å². The van der Waals surface area contributed by atoms with E-state index in [1.807, 2.05) is 12.1 Å². The second-order valence-electron chi connectivity index (χ2n) is 4.89. The van der Waals surface area contributed by atoms with Crippen molar-refractivity contribution in [3.8, 4) is 0 Å². The van der Waals surface area contributed by atoms with Gasteiger partial charge >= 0.3 is 0 Å². The van der Waals surface area contributed by atoms with Crippen LogP contribution >= 0.6 is 0 Å². The van der Waals surface area contributed by atoms with E-state index in [4.69, 9.17) is 0 Å². The fourth-order valence-electron chi connectivity index (χ4n) is 2.36. The number of carbonyl (C=O) groups is 1. The summed E-state index contributed by atoms with van der Waals surface area (Å²) >= 11 is 0. The maximum Gasteiger partial charge on any atom is 0.252 e. The van der Waals surface area contributed by atoms with Crippen LogP contribution in [-0.4, -0.2) is 28.1 Å². The molecule has 19 heavy (non-hydrogen) atoms. The molecule has 1 heterocycles. The number of aromatic nitrogens is 1. The Morgan fingerprint density at radius 3 is 2.79 bits per heavy atom. The first kappa shape index (κ1) is 11.9. The van der Waals surface area contributed by atoms with Gasteiger partial charge in [0.15, 0.2) is 0 Å². The van der Waals surface area contributed by atoms with Gasteiger partial charge in [-0.3, -0.25) is 9.59 Å². The van der Waals surface area contributed by atoms with Crippen molar-refractivity contribution >= 4 is 16.8 Å². The smallest absolute Gasteiger partial charge is 0.252 e. The van der Waals surface area contributed by atoms with Gasteiger partial charge < -0.3 is 15.4 Å². The van der Waals surface area contributed by atoms with E-state index >= 15 is 0 Å². The molecule has 0 bridgehead atoms. The van der Waals surface area contributed by atoms with Crippen molar-refractivity contribution in [3.63, 3.8) is 0 Å². The zero-order valence-electron chi connectivity index (χ0n) is 10.2. The fraction of sp³-hybridized carbons (Fsp3) is 0.286. The summed E-state index contributed by atoms with van der Waals surface area (Å²) in [6.07, 6.45) is 0.834. The summed E-state index contributed by atoms with van der Waals surface area (Å²) in [4.78, 5) is 26.4. The van der Waals surface area contributed by atoms with E-state index in [-0.39, 0.29) is 23.6 Å². The van der Waals surface area contributed by atoms with E-state index in [1.54, 1.807) is 12.1 Å². The lowest BCUT2D eigenvalue weighted by Gasteiger charge is -2.32. The number of para-hydroxylation sites is 1. The van der Waals surface area contributed by atoms with E-state index in [9.17, 15) is 14.7 Å². The summed E-state index contributed by atoms with van der Waals surface area (Å²) < 4.78 is 0. The van der Waals surface area contributed by atoms with E-state index in [0.29, 0.717) is 23.9 Å². The van der Waals surface area contributed by atoms with Gasteiger partial charge in [-0.15, -0.1) is 0 Å². The third-order valence-electron chi connectivity index (χ3n) is 3.44. The van der Waals surface area contributed by atoms with Gasteiger partial charge in [-0.1, -0.05) is 18.2 Å². The Morgan fingerprint density at radius 1 is 1.32 bits per heavy atom. The van der Waals surface area contributed by atoms with Crippen LogP contribution in [0.3, 0.4) is 0 Å². The van der Waals surface area contributed by atoms with Crippen molar-refractivity contribution in [3.05, 3.63) is 46.2 Å². The average Bonchev–Trinajstić information content (AvgIpc) is 2.35. The summed E-state index contributed by atoms with van der Waals surface area (Å²) in [7, 11) is 0. The van der Waals surface area contributed by atoms with Crippen molar-refractivity contribution in [1.29, 1.82) is 0 Å². The highest BCUT2D eigenvalue weighted by Gasteiger charge is 2.29. The monoisotopic (exact) mass is 258 g/mol. The number of fused-ring (bicyclic) bond motifs is 1. The van der Waals surface area contributed by atoms with Gasteiger partial charge in [-0.25, -0.2) is 0 Å². The second-order valence-corrected chi connectivity index (χ2v) is 4.89. The maximum absolute atomic E-state index is 12.2. The predicted molar refractivity (Wildman–Crippen MR) is 71.1 cm³/mol. The molecule has 0 saturated heterocycles. The number of aliphatic hydroxyl groups is 1. The van der Waals surface area contributed by atoms with Crippen molar-refractivity contribution in [2.75, 3.05) is 0 Å². The normalized spacial score (nSPS) is 21.9. The van der Waals surface area contributed by atoms with Crippen molar-refractivity contribution in [2.24, 2.45) is 0 Å². The summed E-state index contributed by atoms with van der Waals surface area (Å²) in [6.45, 7) is 0. The molecule has 1 aliphatic rings. The molecule has 0 unspecified atom stereocenters. The van der Waals surface area contributed by atoms with Crippen molar-refractivity contribution in [1.82, 2.24) is 10.3 Å². The van der Waals surface area contributed by atoms with E-state index < -0.39 is 0 Å². The molecule has 5 nitrogen and oxygen atoms in total. The Labute approximate surface area is 109 Å². The van der Waals surface area contributed by atoms with E-state index in [0.717, 1.165) is 5.39 Å². The Kier molecular flexibility index (Phi) is 2.83. The number of carbonyl (C=O) groups excluding carboxylic acids is 1. The highest BCUT2D eigenvalue weighted by atomic mass is 16.3. The predicted octanol–water partition coefficient (Wildman–Crippen LogP) is 0.781. The van der Waals surface area contributed by atoms with Gasteiger partial charge in [0.05, 0.1) is 11.7 Å². The molecule has 0 spiro atoms. The average molecular weight is 258 g/mol. The number of benzene rings is 1. The van der Waals surface area contributed by atoms with Crippen LogP contribution in [-0.2, 0) is 0 Å². The number of H-pyrrole nitrogens is 1. The molecule has 1 aliphatic carbocycles. The maximum atomic E-state index is 12.2. The first-order chi connectivity index (χ1) is 9.13. The van der Waals surface area contributed by atoms with Crippen molar-refractivity contribution < 1.29 is 9.90 Å². The van der Waals surface area contributed by atoms with Crippen LogP contribution in [0.15, 0.2) is 35.1 Å². The van der Waals surface area contributed by atoms with E-state index in [1.165, 1.54) is 6.07 Å². The lowest BCUT2D eigenvalue weighted by molar-refractivity contribution is 0.0563. The highest BCUT2D eigenvalue weighted by Crippen LogP contribution is 2.21. The van der Waals surface area contributed by atoms with Crippen LogP contribution < -0.4 is 10.9 Å². The molecule has 2 aromatic rings. The first-order valence-electron chi connectivity index (χ1n) is 6.24. The molecule has 3 rings (SSSR count). The van der Waals surface area contributed by atoms with Crippen LogP contribution in [0.4, 0.5) is 0 Å². The number of amides is 1. The van der Waals surface area contributed by atoms with E-state index in [2.05, 4.69) is 10.3 Å². The molecule has 0 aliphatic heterocycles. The Hall–Kier alpha value is -2.14. The summed E-state index contributed by atoms with van der Waals surface area (Å²) in [6, 6.07) is 8.51. The molecular formula is C14H14N2O3. The van der Waals surface area contributed by atoms with Gasteiger partial charge in [-0.2, -0.15) is 0 Å². The molecule has 5 heteroatoms. The highest BCUT2D eigenvalue weighted by molar-refractivity contribution is 6.06. The van der Waals surface area contributed by atoms with Crippen LogP contribution in [0, 0.1) is 0 Å². The minimum Gasteiger partial charge on any atom is -0.393 e. The number of nitrogens with one attached hydrogen (secondary N) is 2. The minimum atomic E-state index is -0.318. The summed E-state index contributed by atoms with van der Waals surface area (Å²) in [5.74, 6) is -0.265. The van der Waals surface area contributed by atoms with Crippen LogP contribution in [0.1, 0.15) is 23.2 Å². The Morgan fingerprint density at radius 2 is 2.05 bits per heavy atom. The zero-order valence-corrected chi connectivity index (χ0v) is 10.2. The largest absolute Gasteiger partial charge is 0.393 e. The van der Waals surface area contributed by atoms with Gasteiger partial charge in [-0.05, 0) is 18.9 Å². The first-order valence-corrected chi connectivity index (χ1v) is 6.24. The van der Waals surface area contributed by atoms with Crippen LogP contribution in [0.2, 0.25) is 0 Å². The SMILES string of the molecule is O=C(NC1CC(O)C1)c1cc(=O)[nH]c2ccccc12.